The lowest BCUT2D eigenvalue weighted by Gasteiger charge is -2.18. The molecule has 10 heavy (non-hydrogen) atoms. The van der Waals surface area contributed by atoms with Crippen molar-refractivity contribution in [1.82, 2.24) is 0 Å². The fourth-order valence-corrected chi connectivity index (χ4v) is 0.389. The van der Waals surface area contributed by atoms with Crippen molar-refractivity contribution < 1.29 is 19.7 Å². The van der Waals surface area contributed by atoms with Gasteiger partial charge in [-0.1, -0.05) is 19.6 Å². The summed E-state index contributed by atoms with van der Waals surface area (Å²) in [6, 6.07) is 0. The first-order chi connectivity index (χ1) is 4.52. The van der Waals surface area contributed by atoms with E-state index in [1.54, 1.807) is 6.92 Å². The van der Waals surface area contributed by atoms with Gasteiger partial charge in [-0.2, -0.15) is 0 Å². The highest BCUT2D eigenvalue weighted by atomic mass is 32.1. The van der Waals surface area contributed by atoms with Crippen molar-refractivity contribution in [2.24, 2.45) is 0 Å². The number of esters is 1. The van der Waals surface area contributed by atoms with Crippen LogP contribution in [0.4, 0.5) is 0 Å². The van der Waals surface area contributed by atoms with E-state index in [4.69, 9.17) is 10.2 Å². The molecule has 0 saturated heterocycles. The molecular formula is C5H10O4S. The molecular weight excluding hydrogens is 156 g/mol. The highest BCUT2D eigenvalue weighted by molar-refractivity contribution is 7.81. The molecule has 0 spiro atoms. The Kier molecular flexibility index (Phi) is 3.70. The first-order valence-electron chi connectivity index (χ1n) is 2.79. The van der Waals surface area contributed by atoms with Crippen LogP contribution >= 0.6 is 12.6 Å². The maximum absolute atomic E-state index is 10.4. The zero-order valence-corrected chi connectivity index (χ0v) is 6.47. The Labute approximate surface area is 64.2 Å². The van der Waals surface area contributed by atoms with Crippen LogP contribution in [0.5, 0.6) is 0 Å². The SMILES string of the molecule is CCC(=O)OC(O)(S)CO. The van der Waals surface area contributed by atoms with E-state index in [1.807, 2.05) is 0 Å². The first-order valence-corrected chi connectivity index (χ1v) is 3.24. The number of carbonyl (C=O) groups excluding carboxylic acids is 1. The fraction of sp³-hybridized carbons (Fsp3) is 0.800. The Morgan fingerprint density at radius 2 is 2.30 bits per heavy atom. The maximum atomic E-state index is 10.4. The summed E-state index contributed by atoms with van der Waals surface area (Å²) in [6.45, 7) is 0.853. The smallest absolute Gasteiger partial charge is 0.308 e. The standard InChI is InChI=1S/C5H10O4S/c1-2-4(7)9-5(8,10)3-6/h6,8,10H,2-3H2,1H3. The Balaban J connectivity index is 3.76. The third kappa shape index (κ3) is 3.71. The Morgan fingerprint density at radius 3 is 2.60 bits per heavy atom. The van der Waals surface area contributed by atoms with Gasteiger partial charge >= 0.3 is 5.97 Å². The average molecular weight is 166 g/mol. The molecule has 2 N–H and O–H groups in total. The molecule has 1 unspecified atom stereocenters. The van der Waals surface area contributed by atoms with Crippen LogP contribution < -0.4 is 0 Å². The van der Waals surface area contributed by atoms with Crippen molar-refractivity contribution in [2.75, 3.05) is 6.61 Å². The molecule has 0 fully saturated rings. The topological polar surface area (TPSA) is 66.8 Å². The van der Waals surface area contributed by atoms with Crippen molar-refractivity contribution in [1.29, 1.82) is 0 Å². The van der Waals surface area contributed by atoms with Crippen molar-refractivity contribution in [3.63, 3.8) is 0 Å². The molecule has 60 valence electrons. The predicted molar refractivity (Wildman–Crippen MR) is 37.4 cm³/mol. The van der Waals surface area contributed by atoms with Crippen molar-refractivity contribution in [3.8, 4) is 0 Å². The molecule has 0 bridgehead atoms. The molecule has 0 heterocycles. The third-order valence-electron chi connectivity index (χ3n) is 0.772. The number of aliphatic hydroxyl groups is 2. The van der Waals surface area contributed by atoms with E-state index >= 15 is 0 Å². The van der Waals surface area contributed by atoms with Gasteiger partial charge in [-0.05, 0) is 0 Å². The summed E-state index contributed by atoms with van der Waals surface area (Å²) in [6.07, 6.45) is 0.142. The van der Waals surface area contributed by atoms with Gasteiger partial charge in [0.2, 0.25) is 0 Å². The molecule has 0 aromatic rings. The van der Waals surface area contributed by atoms with Gasteiger partial charge in [0, 0.05) is 6.42 Å². The van der Waals surface area contributed by atoms with Crippen LogP contribution in [-0.4, -0.2) is 27.9 Å². The lowest BCUT2D eigenvalue weighted by Crippen LogP contribution is -2.32. The van der Waals surface area contributed by atoms with E-state index in [2.05, 4.69) is 17.4 Å². The van der Waals surface area contributed by atoms with Gasteiger partial charge in [-0.3, -0.25) is 4.79 Å². The molecule has 5 heteroatoms. The van der Waals surface area contributed by atoms with Crippen LogP contribution in [0.2, 0.25) is 0 Å². The summed E-state index contributed by atoms with van der Waals surface area (Å²) in [5.74, 6) is -0.605. The molecule has 1 atom stereocenters. The average Bonchev–Trinajstić information content (AvgIpc) is 1.87. The van der Waals surface area contributed by atoms with Crippen LogP contribution in [0.15, 0.2) is 0 Å². The first kappa shape index (κ1) is 9.74. The second-order valence-electron chi connectivity index (χ2n) is 1.73. The second-order valence-corrected chi connectivity index (χ2v) is 2.43. The van der Waals surface area contributed by atoms with Crippen LogP contribution in [0, 0.1) is 0 Å². The minimum atomic E-state index is -2.03. The van der Waals surface area contributed by atoms with Gasteiger partial charge in [0.25, 0.3) is 5.12 Å². The molecule has 0 aromatic heterocycles. The zero-order valence-electron chi connectivity index (χ0n) is 5.57. The van der Waals surface area contributed by atoms with Crippen molar-refractivity contribution in [2.45, 2.75) is 18.5 Å². The van der Waals surface area contributed by atoms with Crippen LogP contribution in [0.3, 0.4) is 0 Å². The molecule has 0 radical (unpaired) electrons. The number of aliphatic hydroxyl groups excluding tert-OH is 1. The van der Waals surface area contributed by atoms with Crippen LogP contribution in [-0.2, 0) is 9.53 Å². The third-order valence-corrected chi connectivity index (χ3v) is 1.00. The molecule has 0 aliphatic carbocycles. The monoisotopic (exact) mass is 166 g/mol. The lowest BCUT2D eigenvalue weighted by molar-refractivity contribution is -0.183. The van der Waals surface area contributed by atoms with E-state index < -0.39 is 17.7 Å². The highest BCUT2D eigenvalue weighted by Gasteiger charge is 2.24. The largest absolute Gasteiger partial charge is 0.421 e. The summed E-state index contributed by atoms with van der Waals surface area (Å²) in [5, 5.41) is 15.1. The number of thiol groups is 1. The molecule has 0 saturated carbocycles. The van der Waals surface area contributed by atoms with E-state index in [1.165, 1.54) is 0 Å². The second kappa shape index (κ2) is 3.80. The van der Waals surface area contributed by atoms with E-state index in [0.717, 1.165) is 0 Å². The molecule has 0 amide bonds. The number of hydrogen-bond donors (Lipinski definition) is 3. The minimum Gasteiger partial charge on any atom is -0.421 e. The zero-order chi connectivity index (χ0) is 8.20. The van der Waals surface area contributed by atoms with E-state index in [9.17, 15) is 4.79 Å². The van der Waals surface area contributed by atoms with Gasteiger partial charge in [-0.15, -0.1) is 0 Å². The maximum Gasteiger partial charge on any atom is 0.308 e. The number of ether oxygens (including phenoxy) is 1. The highest BCUT2D eigenvalue weighted by Crippen LogP contribution is 2.11. The van der Waals surface area contributed by atoms with Crippen LogP contribution in [0.25, 0.3) is 0 Å². The molecule has 0 aliphatic heterocycles. The van der Waals surface area contributed by atoms with Gasteiger partial charge in [0.05, 0.1) is 0 Å². The number of hydrogen-bond acceptors (Lipinski definition) is 5. The summed E-state index contributed by atoms with van der Waals surface area (Å²) in [7, 11) is 0. The lowest BCUT2D eigenvalue weighted by atomic mass is 10.5. The van der Waals surface area contributed by atoms with Gasteiger partial charge in [0.15, 0.2) is 0 Å². The summed E-state index contributed by atoms with van der Waals surface area (Å²) in [5.41, 5.74) is 0. The fourth-order valence-electron chi connectivity index (χ4n) is 0.287. The molecule has 0 rings (SSSR count). The van der Waals surface area contributed by atoms with E-state index in [0.29, 0.717) is 0 Å². The predicted octanol–water partition coefficient (Wildman–Crippen LogP) is -0.492. The Hall–Kier alpha value is -0.260. The molecule has 4 nitrogen and oxygen atoms in total. The van der Waals surface area contributed by atoms with Crippen LogP contribution in [0.1, 0.15) is 13.3 Å². The summed E-state index contributed by atoms with van der Waals surface area (Å²) >= 11 is 3.44. The Morgan fingerprint density at radius 1 is 1.80 bits per heavy atom. The number of carbonyl (C=O) groups is 1. The minimum absolute atomic E-state index is 0.142. The molecule has 0 aromatic carbocycles. The van der Waals surface area contributed by atoms with Gasteiger partial charge in [-0.25, -0.2) is 0 Å². The Bertz CT molecular complexity index is 123. The quantitative estimate of drug-likeness (QED) is 0.300. The van der Waals surface area contributed by atoms with E-state index in [-0.39, 0.29) is 6.42 Å². The molecule has 0 aliphatic rings. The number of rotatable bonds is 3. The normalized spacial score (nSPS) is 16.0. The van der Waals surface area contributed by atoms with Gasteiger partial charge < -0.3 is 14.9 Å². The van der Waals surface area contributed by atoms with Crippen molar-refractivity contribution >= 4 is 18.6 Å². The van der Waals surface area contributed by atoms with Gasteiger partial charge in [0.1, 0.15) is 6.61 Å². The summed E-state index contributed by atoms with van der Waals surface area (Å²) in [4.78, 5) is 10.4. The summed E-state index contributed by atoms with van der Waals surface area (Å²) < 4.78 is 4.27. The van der Waals surface area contributed by atoms with Crippen molar-refractivity contribution in [3.05, 3.63) is 0 Å².